The molecular formula is C11H13F2N5. The number of hydrogen-bond donors (Lipinski definition) is 1. The quantitative estimate of drug-likeness (QED) is 0.902. The van der Waals surface area contributed by atoms with Crippen molar-refractivity contribution in [1.29, 1.82) is 0 Å². The summed E-state index contributed by atoms with van der Waals surface area (Å²) >= 11 is 0. The van der Waals surface area contributed by atoms with E-state index in [1.165, 1.54) is 4.68 Å². The number of rotatable bonds is 3. The Kier molecular flexibility index (Phi) is 3.22. The Morgan fingerprint density at radius 2 is 1.89 bits per heavy atom. The SMILES string of the molecule is CCc1nc(CC)n(-c2nc(N)c(F)cc2F)n1. The fraction of sp³-hybridized carbons (Fsp3) is 0.364. The Labute approximate surface area is 103 Å². The summed E-state index contributed by atoms with van der Waals surface area (Å²) in [4.78, 5) is 7.91. The molecule has 0 saturated carbocycles. The van der Waals surface area contributed by atoms with Crippen molar-refractivity contribution in [2.75, 3.05) is 5.73 Å². The smallest absolute Gasteiger partial charge is 0.193 e. The van der Waals surface area contributed by atoms with Crippen LogP contribution in [0.5, 0.6) is 0 Å². The molecule has 0 aromatic carbocycles. The molecular weight excluding hydrogens is 240 g/mol. The lowest BCUT2D eigenvalue weighted by molar-refractivity contribution is 0.560. The minimum absolute atomic E-state index is 0.127. The van der Waals surface area contributed by atoms with Gasteiger partial charge in [0.2, 0.25) is 0 Å². The molecule has 0 saturated heterocycles. The molecule has 0 spiro atoms. The maximum Gasteiger partial charge on any atom is 0.193 e. The summed E-state index contributed by atoms with van der Waals surface area (Å²) in [6, 6.07) is 0.699. The lowest BCUT2D eigenvalue weighted by Gasteiger charge is -2.06. The second kappa shape index (κ2) is 4.67. The molecule has 2 aromatic rings. The minimum atomic E-state index is -0.884. The first-order valence-electron chi connectivity index (χ1n) is 5.63. The molecule has 5 nitrogen and oxygen atoms in total. The van der Waals surface area contributed by atoms with E-state index in [9.17, 15) is 8.78 Å². The molecule has 0 bridgehead atoms. The highest BCUT2D eigenvalue weighted by Crippen LogP contribution is 2.17. The first-order chi connectivity index (χ1) is 8.56. The highest BCUT2D eigenvalue weighted by Gasteiger charge is 2.16. The fourth-order valence-corrected chi connectivity index (χ4v) is 1.56. The zero-order valence-electron chi connectivity index (χ0n) is 10.1. The normalized spacial score (nSPS) is 10.9. The Bertz CT molecular complexity index is 579. The number of anilines is 1. The maximum atomic E-state index is 13.7. The number of aryl methyl sites for hydroxylation is 2. The third-order valence-electron chi connectivity index (χ3n) is 2.49. The molecule has 0 radical (unpaired) electrons. The molecule has 0 amide bonds. The topological polar surface area (TPSA) is 69.6 Å². The van der Waals surface area contributed by atoms with Crippen LogP contribution in [0.1, 0.15) is 25.5 Å². The molecule has 7 heteroatoms. The molecule has 0 atom stereocenters. The third-order valence-corrected chi connectivity index (χ3v) is 2.49. The number of halogens is 2. The van der Waals surface area contributed by atoms with Crippen LogP contribution in [0.25, 0.3) is 5.82 Å². The number of nitrogen functional groups attached to an aromatic ring is 1. The van der Waals surface area contributed by atoms with E-state index in [-0.39, 0.29) is 11.6 Å². The van der Waals surface area contributed by atoms with Gasteiger partial charge < -0.3 is 5.73 Å². The summed E-state index contributed by atoms with van der Waals surface area (Å²) in [5.74, 6) is -1.05. The summed E-state index contributed by atoms with van der Waals surface area (Å²) in [6.45, 7) is 3.76. The third kappa shape index (κ3) is 2.03. The molecule has 2 rings (SSSR count). The standard InChI is InChI=1S/C11H13F2N5/c1-3-8-15-9(4-2)18(17-8)11-7(13)5-6(12)10(14)16-11/h5H,3-4H2,1-2H3,(H2,14,16). The van der Waals surface area contributed by atoms with E-state index in [2.05, 4.69) is 15.1 Å². The van der Waals surface area contributed by atoms with Gasteiger partial charge in [-0.3, -0.25) is 0 Å². The Morgan fingerprint density at radius 1 is 1.17 bits per heavy atom. The number of nitrogens with two attached hydrogens (primary N) is 1. The fourth-order valence-electron chi connectivity index (χ4n) is 1.56. The zero-order chi connectivity index (χ0) is 13.3. The second-order valence-electron chi connectivity index (χ2n) is 3.72. The summed E-state index contributed by atoms with van der Waals surface area (Å²) in [5, 5.41) is 4.13. The molecule has 96 valence electrons. The molecule has 2 aromatic heterocycles. The molecule has 0 aliphatic rings. The van der Waals surface area contributed by atoms with Crippen LogP contribution in [0, 0.1) is 11.6 Å². The van der Waals surface area contributed by atoms with Gasteiger partial charge in [0.25, 0.3) is 0 Å². The number of hydrogen-bond acceptors (Lipinski definition) is 4. The first-order valence-corrected chi connectivity index (χ1v) is 5.63. The zero-order valence-corrected chi connectivity index (χ0v) is 10.1. The molecule has 18 heavy (non-hydrogen) atoms. The van der Waals surface area contributed by atoms with Gasteiger partial charge in [-0.1, -0.05) is 13.8 Å². The van der Waals surface area contributed by atoms with Crippen molar-refractivity contribution in [3.05, 3.63) is 29.3 Å². The van der Waals surface area contributed by atoms with E-state index < -0.39 is 11.6 Å². The van der Waals surface area contributed by atoms with Gasteiger partial charge in [0.15, 0.2) is 29.1 Å². The van der Waals surface area contributed by atoms with Gasteiger partial charge in [-0.2, -0.15) is 4.68 Å². The van der Waals surface area contributed by atoms with Crippen LogP contribution in [-0.4, -0.2) is 19.7 Å². The van der Waals surface area contributed by atoms with Crippen LogP contribution in [0.2, 0.25) is 0 Å². The molecule has 0 unspecified atom stereocenters. The van der Waals surface area contributed by atoms with Crippen molar-refractivity contribution in [1.82, 2.24) is 19.7 Å². The Hall–Kier alpha value is -2.05. The van der Waals surface area contributed by atoms with Gasteiger partial charge in [0.1, 0.15) is 5.82 Å². The Morgan fingerprint density at radius 3 is 2.50 bits per heavy atom. The van der Waals surface area contributed by atoms with Gasteiger partial charge in [0, 0.05) is 18.9 Å². The summed E-state index contributed by atoms with van der Waals surface area (Å²) in [5.41, 5.74) is 5.34. The van der Waals surface area contributed by atoms with E-state index >= 15 is 0 Å². The average molecular weight is 253 g/mol. The summed E-state index contributed by atoms with van der Waals surface area (Å²) in [7, 11) is 0. The largest absolute Gasteiger partial charge is 0.381 e. The van der Waals surface area contributed by atoms with Crippen LogP contribution in [0.4, 0.5) is 14.6 Å². The van der Waals surface area contributed by atoms with Crippen LogP contribution in [-0.2, 0) is 12.8 Å². The van der Waals surface area contributed by atoms with E-state index in [0.29, 0.717) is 30.6 Å². The maximum absolute atomic E-state index is 13.7. The van der Waals surface area contributed by atoms with Gasteiger partial charge in [0.05, 0.1) is 0 Å². The number of nitrogens with zero attached hydrogens (tertiary/aromatic N) is 4. The molecule has 0 fully saturated rings. The van der Waals surface area contributed by atoms with Gasteiger partial charge >= 0.3 is 0 Å². The van der Waals surface area contributed by atoms with Crippen molar-refractivity contribution in [3.8, 4) is 5.82 Å². The highest BCUT2D eigenvalue weighted by molar-refractivity contribution is 5.38. The van der Waals surface area contributed by atoms with Crippen LogP contribution in [0.15, 0.2) is 6.07 Å². The average Bonchev–Trinajstić information content (AvgIpc) is 2.77. The molecule has 0 aliphatic carbocycles. The van der Waals surface area contributed by atoms with Crippen molar-refractivity contribution in [3.63, 3.8) is 0 Å². The predicted octanol–water partition coefficient (Wildman–Crippen LogP) is 1.65. The monoisotopic (exact) mass is 253 g/mol. The minimum Gasteiger partial charge on any atom is -0.381 e. The summed E-state index contributed by atoms with van der Waals surface area (Å²) in [6.07, 6.45) is 1.18. The lowest BCUT2D eigenvalue weighted by Crippen LogP contribution is -2.10. The predicted molar refractivity (Wildman–Crippen MR) is 62.2 cm³/mol. The summed E-state index contributed by atoms with van der Waals surface area (Å²) < 4.78 is 28.0. The van der Waals surface area contributed by atoms with E-state index in [1.807, 2.05) is 13.8 Å². The van der Waals surface area contributed by atoms with E-state index in [0.717, 1.165) is 0 Å². The highest BCUT2D eigenvalue weighted by atomic mass is 19.1. The van der Waals surface area contributed by atoms with Crippen molar-refractivity contribution < 1.29 is 8.78 Å². The van der Waals surface area contributed by atoms with Gasteiger partial charge in [-0.25, -0.2) is 18.7 Å². The van der Waals surface area contributed by atoms with Crippen molar-refractivity contribution >= 4 is 5.82 Å². The van der Waals surface area contributed by atoms with Crippen LogP contribution in [0.3, 0.4) is 0 Å². The van der Waals surface area contributed by atoms with Crippen molar-refractivity contribution in [2.45, 2.75) is 26.7 Å². The van der Waals surface area contributed by atoms with Crippen LogP contribution < -0.4 is 5.73 Å². The molecule has 0 aliphatic heterocycles. The van der Waals surface area contributed by atoms with E-state index in [1.54, 1.807) is 0 Å². The van der Waals surface area contributed by atoms with Gasteiger partial charge in [-0.05, 0) is 0 Å². The molecule has 2 N–H and O–H groups in total. The molecule has 2 heterocycles. The van der Waals surface area contributed by atoms with Crippen LogP contribution >= 0.6 is 0 Å². The second-order valence-corrected chi connectivity index (χ2v) is 3.72. The number of aromatic nitrogens is 4. The lowest BCUT2D eigenvalue weighted by atomic mass is 10.4. The first kappa shape index (κ1) is 12.4. The number of pyridine rings is 1. The van der Waals surface area contributed by atoms with Gasteiger partial charge in [-0.15, -0.1) is 5.10 Å². The Balaban J connectivity index is 2.60. The van der Waals surface area contributed by atoms with Crippen molar-refractivity contribution in [2.24, 2.45) is 0 Å². The van der Waals surface area contributed by atoms with E-state index in [4.69, 9.17) is 5.73 Å².